The molecule has 2 aromatic carbocycles. The van der Waals surface area contributed by atoms with E-state index in [0.717, 1.165) is 34.6 Å². The zero-order valence-electron chi connectivity index (χ0n) is 23.2. The van der Waals surface area contributed by atoms with E-state index < -0.39 is 12.2 Å². The molecule has 0 aliphatic heterocycles. The number of aldehydes is 2. The lowest BCUT2D eigenvalue weighted by Crippen LogP contribution is -2.63. The third-order valence-corrected chi connectivity index (χ3v) is 7.22. The zero-order chi connectivity index (χ0) is 29.1. The smallest absolute Gasteiger partial charge is 0.333 e. The summed E-state index contributed by atoms with van der Waals surface area (Å²) in [6.45, 7) is 6.84. The van der Waals surface area contributed by atoms with E-state index >= 15 is 0 Å². The number of carbonyl (C=O) groups excluding carboxylic acids is 3. The van der Waals surface area contributed by atoms with Crippen molar-refractivity contribution in [2.45, 2.75) is 25.7 Å². The molecule has 0 saturated heterocycles. The third kappa shape index (κ3) is 7.73. The average molecular weight is 565 g/mol. The number of hydrogen-bond donors (Lipinski definition) is 1. The van der Waals surface area contributed by atoms with E-state index in [1.165, 1.54) is 5.01 Å². The van der Waals surface area contributed by atoms with Gasteiger partial charge in [-0.05, 0) is 50.3 Å². The predicted molar refractivity (Wildman–Crippen MR) is 159 cm³/mol. The van der Waals surface area contributed by atoms with Gasteiger partial charge in [0.25, 0.3) is 0 Å². The van der Waals surface area contributed by atoms with Crippen LogP contribution in [0.1, 0.15) is 24.1 Å². The molecule has 2 unspecified atom stereocenters. The Morgan fingerprint density at radius 2 is 1.73 bits per heavy atom. The summed E-state index contributed by atoms with van der Waals surface area (Å²) in [5.41, 5.74) is 2.72. The molecule has 1 heterocycles. The normalized spacial score (nSPS) is 12.9. The molecule has 1 aromatic heterocycles. The van der Waals surface area contributed by atoms with Gasteiger partial charge in [-0.2, -0.15) is 0 Å². The first-order chi connectivity index (χ1) is 19.3. The second kappa shape index (κ2) is 15.2. The fourth-order valence-corrected chi connectivity index (χ4v) is 4.80. The molecule has 9 nitrogen and oxygen atoms in total. The number of amides is 2. The fourth-order valence-electron chi connectivity index (χ4n) is 4.59. The Morgan fingerprint density at radius 1 is 1.00 bits per heavy atom. The van der Waals surface area contributed by atoms with Gasteiger partial charge in [0, 0.05) is 42.3 Å². The molecule has 0 spiro atoms. The van der Waals surface area contributed by atoms with Crippen LogP contribution in [0, 0.1) is 0 Å². The summed E-state index contributed by atoms with van der Waals surface area (Å²) in [5.74, 6) is 0. The molecule has 10 heteroatoms. The van der Waals surface area contributed by atoms with Gasteiger partial charge < -0.3 is 14.9 Å². The molecule has 0 saturated carbocycles. The Hall–Kier alpha value is -3.63. The van der Waals surface area contributed by atoms with E-state index in [1.807, 2.05) is 61.6 Å². The number of likely N-dealkylation sites (N-methyl/N-ethyl adjacent to an activating group) is 2. The average Bonchev–Trinajstić information content (AvgIpc) is 2.96. The highest BCUT2D eigenvalue weighted by molar-refractivity contribution is 6.35. The first kappa shape index (κ1) is 30.9. The molecular weight excluding hydrogens is 528 g/mol. The van der Waals surface area contributed by atoms with Crippen LogP contribution in [0.25, 0.3) is 10.9 Å². The van der Waals surface area contributed by atoms with Crippen molar-refractivity contribution in [1.82, 2.24) is 30.1 Å². The topological polar surface area (TPSA) is 89.1 Å². The predicted octanol–water partition coefficient (Wildman–Crippen LogP) is 4.15. The molecule has 0 fully saturated rings. The lowest BCUT2D eigenvalue weighted by molar-refractivity contribution is -0.120. The van der Waals surface area contributed by atoms with Crippen molar-refractivity contribution in [2.75, 3.05) is 40.3 Å². The maximum absolute atomic E-state index is 13.8. The molecule has 3 rings (SSSR count). The Balaban J connectivity index is 1.96. The molecule has 1 N–H and O–H groups in total. The van der Waals surface area contributed by atoms with Crippen LogP contribution in [0.15, 0.2) is 73.4 Å². The minimum absolute atomic E-state index is 0.0266. The third-order valence-electron chi connectivity index (χ3n) is 6.89. The number of hydrogen-bond acceptors (Lipinski definition) is 7. The van der Waals surface area contributed by atoms with E-state index in [0.29, 0.717) is 18.1 Å². The number of pyridine rings is 1. The number of hydrazine groups is 1. The Kier molecular flexibility index (Phi) is 11.8. The first-order valence-electron chi connectivity index (χ1n) is 13.1. The molecule has 2 atom stereocenters. The van der Waals surface area contributed by atoms with Crippen molar-refractivity contribution in [3.05, 3.63) is 89.6 Å². The summed E-state index contributed by atoms with van der Waals surface area (Å²) in [4.78, 5) is 45.5. The summed E-state index contributed by atoms with van der Waals surface area (Å²) >= 11 is 6.43. The van der Waals surface area contributed by atoms with Crippen molar-refractivity contribution in [3.8, 4) is 0 Å². The fraction of sp³-hybridized carbons (Fsp3) is 0.333. The summed E-state index contributed by atoms with van der Waals surface area (Å²) in [7, 11) is 3.73. The van der Waals surface area contributed by atoms with Gasteiger partial charge >= 0.3 is 6.03 Å². The van der Waals surface area contributed by atoms with E-state index in [9.17, 15) is 14.4 Å². The molecule has 0 aliphatic carbocycles. The summed E-state index contributed by atoms with van der Waals surface area (Å²) < 4.78 is 0. The van der Waals surface area contributed by atoms with Crippen LogP contribution in [0.2, 0.25) is 5.02 Å². The van der Waals surface area contributed by atoms with E-state index in [4.69, 9.17) is 11.6 Å². The lowest BCUT2D eigenvalue weighted by atomic mass is 10.0. The Bertz CT molecular complexity index is 1280. The Labute approximate surface area is 241 Å². The van der Waals surface area contributed by atoms with Gasteiger partial charge in [-0.25, -0.2) is 14.8 Å². The van der Waals surface area contributed by atoms with Crippen molar-refractivity contribution in [2.24, 2.45) is 0 Å². The quantitative estimate of drug-likeness (QED) is 0.128. The second-order valence-electron chi connectivity index (χ2n) is 9.55. The van der Waals surface area contributed by atoms with Gasteiger partial charge in [-0.3, -0.25) is 14.8 Å². The molecule has 2 amide bonds. The number of carbonyl (C=O) groups is 3. The minimum atomic E-state index is -0.597. The molecule has 0 aliphatic rings. The minimum Gasteiger partial charge on any atom is -0.333 e. The number of nitrogens with one attached hydrogen (secondary N) is 1. The van der Waals surface area contributed by atoms with Crippen LogP contribution in [-0.2, 0) is 16.1 Å². The molecule has 212 valence electrons. The van der Waals surface area contributed by atoms with Crippen molar-refractivity contribution >= 4 is 41.1 Å². The number of aromatic nitrogens is 1. The zero-order valence-corrected chi connectivity index (χ0v) is 24.0. The van der Waals surface area contributed by atoms with Crippen molar-refractivity contribution in [3.63, 3.8) is 0 Å². The standard InChI is InChI=1S/C30H37ClN6O3/c1-5-16-36(18-20-39)37(30(40)33-21-24-10-7-6-8-11-24)28(34(3)17-19-38)22-35(4)23(2)25-13-14-27(31)26-12-9-15-32-29(25)26/h5-15,19-20,23,28H,1,16-18,21-22H2,2-4H3,(H,33,40). The second-order valence-corrected chi connectivity index (χ2v) is 9.96. The van der Waals surface area contributed by atoms with Gasteiger partial charge in [-0.1, -0.05) is 54.1 Å². The Morgan fingerprint density at radius 3 is 2.40 bits per heavy atom. The molecule has 3 aromatic rings. The van der Waals surface area contributed by atoms with Gasteiger partial charge in [0.05, 0.1) is 18.6 Å². The summed E-state index contributed by atoms with van der Waals surface area (Å²) in [6.07, 6.45) is 4.32. The van der Waals surface area contributed by atoms with E-state index in [-0.39, 0.29) is 25.7 Å². The highest BCUT2D eigenvalue weighted by Gasteiger charge is 2.34. The first-order valence-corrected chi connectivity index (χ1v) is 13.5. The summed E-state index contributed by atoms with van der Waals surface area (Å²) in [5, 5.41) is 7.61. The SMILES string of the molecule is C=CCN(CC=O)N(C(=O)NCc1ccccc1)C(CN(C)C(C)c1ccc(Cl)c2cccnc12)N(C)CC=O. The van der Waals surface area contributed by atoms with Crippen LogP contribution < -0.4 is 5.32 Å². The monoisotopic (exact) mass is 564 g/mol. The van der Waals surface area contributed by atoms with Crippen molar-refractivity contribution in [1.29, 1.82) is 0 Å². The number of urea groups is 1. The number of rotatable bonds is 15. The molecule has 0 radical (unpaired) electrons. The lowest BCUT2D eigenvalue weighted by Gasteiger charge is -2.44. The highest BCUT2D eigenvalue weighted by atomic mass is 35.5. The number of fused-ring (bicyclic) bond motifs is 1. The largest absolute Gasteiger partial charge is 0.333 e. The molecular formula is C30H37ClN6O3. The number of nitrogens with zero attached hydrogens (tertiary/aromatic N) is 5. The van der Waals surface area contributed by atoms with Crippen LogP contribution in [0.4, 0.5) is 4.79 Å². The van der Waals surface area contributed by atoms with Crippen LogP contribution in [0.3, 0.4) is 0 Å². The van der Waals surface area contributed by atoms with Gasteiger partial charge in [0.2, 0.25) is 0 Å². The van der Waals surface area contributed by atoms with Crippen LogP contribution in [0.5, 0.6) is 0 Å². The number of benzene rings is 2. The van der Waals surface area contributed by atoms with Gasteiger partial charge in [0.15, 0.2) is 0 Å². The number of halogens is 1. The molecule has 0 bridgehead atoms. The maximum atomic E-state index is 13.8. The maximum Gasteiger partial charge on any atom is 0.333 e. The van der Waals surface area contributed by atoms with Gasteiger partial charge in [-0.15, -0.1) is 6.58 Å². The van der Waals surface area contributed by atoms with E-state index in [1.54, 1.807) is 29.2 Å². The highest BCUT2D eigenvalue weighted by Crippen LogP contribution is 2.31. The van der Waals surface area contributed by atoms with Crippen molar-refractivity contribution < 1.29 is 14.4 Å². The van der Waals surface area contributed by atoms with E-state index in [2.05, 4.69) is 28.7 Å². The molecule has 40 heavy (non-hydrogen) atoms. The summed E-state index contributed by atoms with van der Waals surface area (Å²) in [6, 6.07) is 16.7. The van der Waals surface area contributed by atoms with Gasteiger partial charge in [0.1, 0.15) is 18.7 Å². The van der Waals surface area contributed by atoms with Crippen LogP contribution in [-0.4, -0.2) is 89.8 Å². The van der Waals surface area contributed by atoms with Crippen LogP contribution >= 0.6 is 11.6 Å².